The molecule has 0 bridgehead atoms. The van der Waals surface area contributed by atoms with E-state index in [1.807, 2.05) is 0 Å². The minimum atomic E-state index is -3.01. The second kappa shape index (κ2) is 8.25. The van der Waals surface area contributed by atoms with E-state index in [2.05, 4.69) is 15.6 Å². The van der Waals surface area contributed by atoms with Gasteiger partial charge in [0.2, 0.25) is 0 Å². The lowest BCUT2D eigenvalue weighted by atomic mass is 10.2. The van der Waals surface area contributed by atoms with Crippen molar-refractivity contribution in [3.05, 3.63) is 46.2 Å². The lowest BCUT2D eigenvalue weighted by Gasteiger charge is -2.13. The summed E-state index contributed by atoms with van der Waals surface area (Å²) in [5.41, 5.74) is 4.62. The van der Waals surface area contributed by atoms with Crippen molar-refractivity contribution >= 4 is 23.2 Å². The van der Waals surface area contributed by atoms with Gasteiger partial charge in [-0.25, -0.2) is 0 Å². The van der Waals surface area contributed by atoms with Crippen LogP contribution >= 0.6 is 11.3 Å². The smallest absolute Gasteiger partial charge is 0.387 e. The number of alkyl halides is 2. The summed E-state index contributed by atoms with van der Waals surface area (Å²) in [7, 11) is 0. The standard InChI is InChI=1S/C15H14F2N2O4S/c1-2-22-11-8-9(5-6-10(11)23-15(16)17)13(20)18-19-14(21)12-4-3-7-24-12/h3-8,15H,2H2,1H3,(H,18,20)(H,19,21). The summed E-state index contributed by atoms with van der Waals surface area (Å²) in [6, 6.07) is 7.06. The molecule has 0 spiro atoms. The minimum absolute atomic E-state index is 0.00929. The fourth-order valence-electron chi connectivity index (χ4n) is 1.77. The third-order valence-corrected chi connectivity index (χ3v) is 3.62. The fraction of sp³-hybridized carbons (Fsp3) is 0.200. The van der Waals surface area contributed by atoms with Crippen molar-refractivity contribution in [3.8, 4) is 11.5 Å². The van der Waals surface area contributed by atoms with Gasteiger partial charge in [0.15, 0.2) is 11.5 Å². The quantitative estimate of drug-likeness (QED) is 0.781. The third-order valence-electron chi connectivity index (χ3n) is 2.76. The van der Waals surface area contributed by atoms with Gasteiger partial charge in [-0.1, -0.05) is 6.07 Å². The van der Waals surface area contributed by atoms with E-state index < -0.39 is 18.4 Å². The molecule has 0 fully saturated rings. The molecular formula is C15H14F2N2O4S. The van der Waals surface area contributed by atoms with Crippen molar-refractivity contribution in [2.24, 2.45) is 0 Å². The molecule has 2 N–H and O–H groups in total. The summed E-state index contributed by atoms with van der Waals surface area (Å²) in [6.07, 6.45) is 0. The van der Waals surface area contributed by atoms with Crippen molar-refractivity contribution in [2.45, 2.75) is 13.5 Å². The summed E-state index contributed by atoms with van der Waals surface area (Å²) in [5.74, 6) is -1.24. The summed E-state index contributed by atoms with van der Waals surface area (Å²) in [4.78, 5) is 24.2. The van der Waals surface area contributed by atoms with Crippen LogP contribution in [0.3, 0.4) is 0 Å². The summed E-state index contributed by atoms with van der Waals surface area (Å²) in [6.45, 7) is -1.13. The lowest BCUT2D eigenvalue weighted by Crippen LogP contribution is -2.41. The van der Waals surface area contributed by atoms with Gasteiger partial charge >= 0.3 is 6.61 Å². The van der Waals surface area contributed by atoms with Crippen molar-refractivity contribution in [1.82, 2.24) is 10.9 Å². The Morgan fingerprint density at radius 1 is 1.17 bits per heavy atom. The van der Waals surface area contributed by atoms with E-state index in [0.29, 0.717) is 4.88 Å². The molecule has 0 aliphatic heterocycles. The SMILES string of the molecule is CCOc1cc(C(=O)NNC(=O)c2cccs2)ccc1OC(F)F. The highest BCUT2D eigenvalue weighted by Gasteiger charge is 2.15. The first-order valence-electron chi connectivity index (χ1n) is 6.87. The van der Waals surface area contributed by atoms with E-state index in [1.54, 1.807) is 24.4 Å². The number of ether oxygens (including phenoxy) is 2. The van der Waals surface area contributed by atoms with E-state index in [1.165, 1.54) is 29.5 Å². The van der Waals surface area contributed by atoms with E-state index in [9.17, 15) is 18.4 Å². The maximum Gasteiger partial charge on any atom is 0.387 e. The molecule has 0 aliphatic rings. The minimum Gasteiger partial charge on any atom is -0.490 e. The molecule has 0 aliphatic carbocycles. The Morgan fingerprint density at radius 3 is 2.54 bits per heavy atom. The molecule has 0 saturated heterocycles. The van der Waals surface area contributed by atoms with Crippen LogP contribution in [0.15, 0.2) is 35.7 Å². The second-order valence-electron chi connectivity index (χ2n) is 4.36. The van der Waals surface area contributed by atoms with Gasteiger partial charge in [-0.05, 0) is 36.6 Å². The average molecular weight is 356 g/mol. The maximum absolute atomic E-state index is 12.3. The van der Waals surface area contributed by atoms with E-state index in [0.717, 1.165) is 0 Å². The molecule has 1 heterocycles. The highest BCUT2D eigenvalue weighted by Crippen LogP contribution is 2.29. The van der Waals surface area contributed by atoms with Crippen molar-refractivity contribution in [2.75, 3.05) is 6.61 Å². The second-order valence-corrected chi connectivity index (χ2v) is 5.31. The molecule has 24 heavy (non-hydrogen) atoms. The molecule has 0 unspecified atom stereocenters. The summed E-state index contributed by atoms with van der Waals surface area (Å²) >= 11 is 1.22. The topological polar surface area (TPSA) is 76.7 Å². The Kier molecular flexibility index (Phi) is 6.07. The van der Waals surface area contributed by atoms with Crippen LogP contribution in [-0.4, -0.2) is 25.0 Å². The van der Waals surface area contributed by atoms with E-state index in [4.69, 9.17) is 4.74 Å². The Balaban J connectivity index is 2.05. The molecule has 2 rings (SSSR count). The average Bonchev–Trinajstić information content (AvgIpc) is 3.08. The Labute approximate surface area is 140 Å². The Hall–Kier alpha value is -2.68. The molecule has 0 atom stereocenters. The van der Waals surface area contributed by atoms with Gasteiger partial charge in [-0.2, -0.15) is 8.78 Å². The Morgan fingerprint density at radius 2 is 1.92 bits per heavy atom. The first kappa shape index (κ1) is 17.7. The van der Waals surface area contributed by atoms with Crippen LogP contribution in [0.2, 0.25) is 0 Å². The maximum atomic E-state index is 12.3. The number of carbonyl (C=O) groups is 2. The summed E-state index contributed by atoms with van der Waals surface area (Å²) in [5, 5.41) is 1.73. The number of amides is 2. The lowest BCUT2D eigenvalue weighted by molar-refractivity contribution is -0.0514. The van der Waals surface area contributed by atoms with E-state index in [-0.39, 0.29) is 23.7 Å². The number of hydrogen-bond donors (Lipinski definition) is 2. The third kappa shape index (κ3) is 4.66. The number of nitrogens with one attached hydrogen (secondary N) is 2. The van der Waals surface area contributed by atoms with Gasteiger partial charge in [-0.15, -0.1) is 11.3 Å². The molecule has 0 saturated carbocycles. The first-order chi connectivity index (χ1) is 11.5. The zero-order valence-electron chi connectivity index (χ0n) is 12.5. The van der Waals surface area contributed by atoms with Crippen LogP contribution in [0.5, 0.6) is 11.5 Å². The molecule has 128 valence electrons. The monoisotopic (exact) mass is 356 g/mol. The zero-order valence-corrected chi connectivity index (χ0v) is 13.4. The predicted molar refractivity (Wildman–Crippen MR) is 83.5 cm³/mol. The predicted octanol–water partition coefficient (Wildman–Crippen LogP) is 2.82. The molecule has 0 radical (unpaired) electrons. The molecule has 6 nitrogen and oxygen atoms in total. The Bertz CT molecular complexity index is 708. The molecule has 2 amide bonds. The van der Waals surface area contributed by atoms with Crippen molar-refractivity contribution in [3.63, 3.8) is 0 Å². The van der Waals surface area contributed by atoms with Gasteiger partial charge in [0.1, 0.15) is 0 Å². The van der Waals surface area contributed by atoms with Crippen LogP contribution in [0.25, 0.3) is 0 Å². The number of rotatable bonds is 6. The van der Waals surface area contributed by atoms with Crippen LogP contribution in [0.4, 0.5) is 8.78 Å². The van der Waals surface area contributed by atoms with Crippen molar-refractivity contribution < 1.29 is 27.8 Å². The fourth-order valence-corrected chi connectivity index (χ4v) is 2.38. The van der Waals surface area contributed by atoms with Crippen LogP contribution in [0.1, 0.15) is 27.0 Å². The van der Waals surface area contributed by atoms with Gasteiger partial charge in [0, 0.05) is 5.56 Å². The number of benzene rings is 1. The first-order valence-corrected chi connectivity index (χ1v) is 7.75. The van der Waals surface area contributed by atoms with Crippen LogP contribution in [-0.2, 0) is 0 Å². The van der Waals surface area contributed by atoms with Crippen LogP contribution < -0.4 is 20.3 Å². The van der Waals surface area contributed by atoms with Crippen LogP contribution in [0, 0.1) is 0 Å². The van der Waals surface area contributed by atoms with E-state index >= 15 is 0 Å². The highest BCUT2D eigenvalue weighted by molar-refractivity contribution is 7.12. The van der Waals surface area contributed by atoms with Gasteiger partial charge in [0.25, 0.3) is 11.8 Å². The molecule has 1 aromatic carbocycles. The number of halogens is 2. The molecular weight excluding hydrogens is 342 g/mol. The van der Waals surface area contributed by atoms with Crippen molar-refractivity contribution in [1.29, 1.82) is 0 Å². The molecule has 2 aromatic rings. The number of hydrogen-bond acceptors (Lipinski definition) is 5. The molecule has 1 aromatic heterocycles. The van der Waals surface area contributed by atoms with Gasteiger partial charge in [-0.3, -0.25) is 20.4 Å². The number of hydrazine groups is 1. The normalized spacial score (nSPS) is 10.3. The summed E-state index contributed by atoms with van der Waals surface area (Å²) < 4.78 is 34.2. The number of carbonyl (C=O) groups excluding carboxylic acids is 2. The zero-order chi connectivity index (χ0) is 17.5. The molecule has 9 heteroatoms. The highest BCUT2D eigenvalue weighted by atomic mass is 32.1. The largest absolute Gasteiger partial charge is 0.490 e. The van der Waals surface area contributed by atoms with Gasteiger partial charge < -0.3 is 9.47 Å². The van der Waals surface area contributed by atoms with Gasteiger partial charge in [0.05, 0.1) is 11.5 Å². The number of thiophene rings is 1.